The highest BCUT2D eigenvalue weighted by Gasteiger charge is 2.33. The van der Waals surface area contributed by atoms with Crippen LogP contribution in [0.1, 0.15) is 30.2 Å². The lowest BCUT2D eigenvalue weighted by Gasteiger charge is -2.38. The van der Waals surface area contributed by atoms with E-state index in [9.17, 15) is 28.5 Å². The Hall–Kier alpha value is -4.05. The summed E-state index contributed by atoms with van der Waals surface area (Å²) in [7, 11) is 1.55. The Bertz CT molecular complexity index is 1380. The normalized spacial score (nSPS) is 18.4. The topological polar surface area (TPSA) is 94.9 Å². The van der Waals surface area contributed by atoms with Crippen LogP contribution in [0.25, 0.3) is 11.0 Å². The highest BCUT2D eigenvalue weighted by molar-refractivity contribution is 5.92. The smallest absolute Gasteiger partial charge is 0.416 e. The standard InChI is InChI=1S/C24H20F3N5O2/c1-14-13-32(10-9-20(14)34-17-6-3-15(4-7-17)24(25,26)27)22-18(12-29)23(33)31(2)19-8-5-16(11-28)30-21(19)22/h3-8,14,20H,9-10,13H2,1-2H3/t14?,20-/m0/s1. The number of aromatic nitrogens is 2. The minimum Gasteiger partial charge on any atom is -0.490 e. The second-order valence-electron chi connectivity index (χ2n) is 8.27. The molecule has 0 spiro atoms. The summed E-state index contributed by atoms with van der Waals surface area (Å²) < 4.78 is 45.7. The number of benzene rings is 1. The first-order chi connectivity index (χ1) is 16.1. The van der Waals surface area contributed by atoms with E-state index in [0.717, 1.165) is 12.1 Å². The molecule has 1 fully saturated rings. The van der Waals surface area contributed by atoms with Crippen LogP contribution >= 0.6 is 0 Å². The molecule has 1 aliphatic heterocycles. The van der Waals surface area contributed by atoms with Crippen molar-refractivity contribution >= 4 is 16.7 Å². The lowest BCUT2D eigenvalue weighted by Crippen LogP contribution is -2.45. The molecule has 34 heavy (non-hydrogen) atoms. The maximum absolute atomic E-state index is 12.8. The van der Waals surface area contributed by atoms with Crippen molar-refractivity contribution in [1.29, 1.82) is 10.5 Å². The summed E-state index contributed by atoms with van der Waals surface area (Å²) >= 11 is 0. The summed E-state index contributed by atoms with van der Waals surface area (Å²) in [5.41, 5.74) is 0.218. The van der Waals surface area contributed by atoms with Gasteiger partial charge < -0.3 is 14.2 Å². The van der Waals surface area contributed by atoms with Crippen LogP contribution in [0.15, 0.2) is 41.2 Å². The Morgan fingerprint density at radius 3 is 2.41 bits per heavy atom. The monoisotopic (exact) mass is 467 g/mol. The van der Waals surface area contributed by atoms with Gasteiger partial charge in [-0.15, -0.1) is 0 Å². The molecular weight excluding hydrogens is 447 g/mol. The predicted molar refractivity (Wildman–Crippen MR) is 118 cm³/mol. The molecule has 174 valence electrons. The Morgan fingerprint density at radius 2 is 1.82 bits per heavy atom. The minimum absolute atomic E-state index is 0.0492. The summed E-state index contributed by atoms with van der Waals surface area (Å²) in [5.74, 6) is 0.274. The average molecular weight is 467 g/mol. The number of ether oxygens (including phenoxy) is 1. The van der Waals surface area contributed by atoms with E-state index in [1.165, 1.54) is 22.8 Å². The van der Waals surface area contributed by atoms with Gasteiger partial charge in [0.1, 0.15) is 40.8 Å². The summed E-state index contributed by atoms with van der Waals surface area (Å²) in [5, 5.41) is 19.0. The van der Waals surface area contributed by atoms with E-state index in [2.05, 4.69) is 4.98 Å². The van der Waals surface area contributed by atoms with Gasteiger partial charge in [-0.05, 0) is 36.4 Å². The van der Waals surface area contributed by atoms with Crippen molar-refractivity contribution in [3.63, 3.8) is 0 Å². The zero-order valence-electron chi connectivity index (χ0n) is 18.4. The summed E-state index contributed by atoms with van der Waals surface area (Å²) in [6.07, 6.45) is -4.16. The molecule has 0 aliphatic carbocycles. The number of halogens is 3. The van der Waals surface area contributed by atoms with E-state index in [-0.39, 0.29) is 23.3 Å². The molecule has 3 aromatic rings. The van der Waals surface area contributed by atoms with Gasteiger partial charge in [-0.3, -0.25) is 4.79 Å². The maximum Gasteiger partial charge on any atom is 0.416 e. The molecule has 0 N–H and O–H groups in total. The van der Waals surface area contributed by atoms with Gasteiger partial charge in [-0.1, -0.05) is 6.92 Å². The number of alkyl halides is 3. The van der Waals surface area contributed by atoms with E-state index in [1.807, 2.05) is 24.0 Å². The molecule has 0 radical (unpaired) electrons. The van der Waals surface area contributed by atoms with Crippen molar-refractivity contribution in [3.8, 4) is 17.9 Å². The zero-order chi connectivity index (χ0) is 24.6. The van der Waals surface area contributed by atoms with Gasteiger partial charge in [0, 0.05) is 32.5 Å². The fraction of sp³-hybridized carbons (Fsp3) is 0.333. The van der Waals surface area contributed by atoms with Gasteiger partial charge in [0.25, 0.3) is 5.56 Å². The molecule has 1 unspecified atom stereocenters. The Labute approximate surface area is 193 Å². The van der Waals surface area contributed by atoms with Crippen molar-refractivity contribution < 1.29 is 17.9 Å². The molecule has 1 saturated heterocycles. The Kier molecular flexibility index (Phi) is 5.92. The number of aryl methyl sites for hydroxylation is 1. The Balaban J connectivity index is 1.63. The largest absolute Gasteiger partial charge is 0.490 e. The van der Waals surface area contributed by atoms with Crippen LogP contribution in [0.4, 0.5) is 18.9 Å². The van der Waals surface area contributed by atoms with Crippen molar-refractivity contribution in [2.75, 3.05) is 18.0 Å². The Morgan fingerprint density at radius 1 is 1.12 bits per heavy atom. The van der Waals surface area contributed by atoms with Gasteiger partial charge in [0.15, 0.2) is 0 Å². The highest BCUT2D eigenvalue weighted by Crippen LogP contribution is 2.34. The second kappa shape index (κ2) is 8.71. The van der Waals surface area contributed by atoms with E-state index in [4.69, 9.17) is 4.74 Å². The number of nitriles is 2. The number of anilines is 1. The number of hydrogen-bond acceptors (Lipinski definition) is 6. The lowest BCUT2D eigenvalue weighted by atomic mass is 9.95. The van der Waals surface area contributed by atoms with Crippen LogP contribution in [-0.4, -0.2) is 28.7 Å². The van der Waals surface area contributed by atoms with Crippen LogP contribution in [0.5, 0.6) is 5.75 Å². The van der Waals surface area contributed by atoms with Crippen LogP contribution in [0.3, 0.4) is 0 Å². The molecule has 7 nitrogen and oxygen atoms in total. The number of nitrogens with zero attached hydrogens (tertiary/aromatic N) is 5. The number of rotatable bonds is 3. The molecule has 1 aliphatic rings. The van der Waals surface area contributed by atoms with Crippen molar-refractivity contribution in [2.24, 2.45) is 13.0 Å². The third kappa shape index (κ3) is 4.15. The first-order valence-corrected chi connectivity index (χ1v) is 10.6. The van der Waals surface area contributed by atoms with Gasteiger partial charge >= 0.3 is 6.18 Å². The number of pyridine rings is 2. The fourth-order valence-corrected chi connectivity index (χ4v) is 4.26. The zero-order valence-corrected chi connectivity index (χ0v) is 18.4. The number of hydrogen-bond donors (Lipinski definition) is 0. The maximum atomic E-state index is 12.8. The van der Waals surface area contributed by atoms with Crippen molar-refractivity contribution in [2.45, 2.75) is 25.6 Å². The molecule has 2 aromatic heterocycles. The summed E-state index contributed by atoms with van der Waals surface area (Å²) in [4.78, 5) is 19.1. The van der Waals surface area contributed by atoms with Gasteiger partial charge in [0.2, 0.25) is 0 Å². The minimum atomic E-state index is -4.41. The van der Waals surface area contributed by atoms with Gasteiger partial charge in [-0.25, -0.2) is 4.98 Å². The molecular formula is C24H20F3N5O2. The SMILES string of the molecule is CC1CN(c2c(C#N)c(=O)n(C)c3ccc(C#N)nc23)CC[C@@H]1Oc1ccc(C(F)(F)F)cc1. The molecule has 0 bridgehead atoms. The van der Waals surface area contributed by atoms with E-state index in [0.29, 0.717) is 42.0 Å². The molecule has 1 aromatic carbocycles. The van der Waals surface area contributed by atoms with Crippen LogP contribution in [-0.2, 0) is 13.2 Å². The fourth-order valence-electron chi connectivity index (χ4n) is 4.26. The summed E-state index contributed by atoms with van der Waals surface area (Å²) in [6.45, 7) is 2.80. The molecule has 2 atom stereocenters. The third-order valence-corrected chi connectivity index (χ3v) is 6.05. The third-order valence-electron chi connectivity index (χ3n) is 6.05. The van der Waals surface area contributed by atoms with Crippen molar-refractivity contribution in [1.82, 2.24) is 9.55 Å². The molecule has 4 rings (SSSR count). The summed E-state index contributed by atoms with van der Waals surface area (Å²) in [6, 6.07) is 11.7. The molecule has 0 saturated carbocycles. The average Bonchev–Trinajstić information content (AvgIpc) is 2.82. The molecule has 0 amide bonds. The van der Waals surface area contributed by atoms with Crippen LogP contribution < -0.4 is 15.2 Å². The first-order valence-electron chi connectivity index (χ1n) is 10.6. The quantitative estimate of drug-likeness (QED) is 0.578. The van der Waals surface area contributed by atoms with Crippen molar-refractivity contribution in [3.05, 3.63) is 63.6 Å². The van der Waals surface area contributed by atoms with Gasteiger partial charge in [0.05, 0.1) is 16.8 Å². The van der Waals surface area contributed by atoms with Crippen LogP contribution in [0, 0.1) is 28.6 Å². The highest BCUT2D eigenvalue weighted by atomic mass is 19.4. The van der Waals surface area contributed by atoms with E-state index < -0.39 is 17.3 Å². The lowest BCUT2D eigenvalue weighted by molar-refractivity contribution is -0.137. The second-order valence-corrected chi connectivity index (χ2v) is 8.27. The van der Waals surface area contributed by atoms with Gasteiger partial charge in [-0.2, -0.15) is 23.7 Å². The van der Waals surface area contributed by atoms with E-state index >= 15 is 0 Å². The number of fused-ring (bicyclic) bond motifs is 1. The molecule has 10 heteroatoms. The number of piperidine rings is 1. The first kappa shape index (κ1) is 23.1. The van der Waals surface area contributed by atoms with Crippen LogP contribution in [0.2, 0.25) is 0 Å². The molecule has 3 heterocycles. The predicted octanol–water partition coefficient (Wildman–Crippen LogP) is 3.99. The van der Waals surface area contributed by atoms with E-state index in [1.54, 1.807) is 13.1 Å².